The second kappa shape index (κ2) is 11.4. The molecule has 0 atom stereocenters. The van der Waals surface area contributed by atoms with E-state index >= 15 is 0 Å². The summed E-state index contributed by atoms with van der Waals surface area (Å²) in [6.45, 7) is 12.7. The standard InChI is InChI=1S/C7H12.C5H8O2.Rh/c1-6(2)5-7(3)4;1-4(6)3-5(2)7;/h5H,1H2,2-4H3;3,6H,1-2H3;/b;4-3-;. The molecule has 0 spiro atoms. The van der Waals surface area contributed by atoms with E-state index in [0.717, 1.165) is 5.57 Å². The Bertz CT molecular complexity index is 227. The molecule has 0 amide bonds. The van der Waals surface area contributed by atoms with Gasteiger partial charge in [-0.05, 0) is 34.6 Å². The van der Waals surface area contributed by atoms with Crippen LogP contribution in [0.25, 0.3) is 0 Å². The monoisotopic (exact) mass is 299 g/mol. The summed E-state index contributed by atoms with van der Waals surface area (Å²) in [7, 11) is 0. The van der Waals surface area contributed by atoms with E-state index in [-0.39, 0.29) is 31.0 Å². The van der Waals surface area contributed by atoms with Gasteiger partial charge in [0.25, 0.3) is 0 Å². The summed E-state index contributed by atoms with van der Waals surface area (Å²) in [5.41, 5.74) is 2.44. The van der Waals surface area contributed by atoms with Crippen LogP contribution in [-0.4, -0.2) is 10.9 Å². The number of aliphatic hydroxyl groups excluding tert-OH is 1. The van der Waals surface area contributed by atoms with E-state index < -0.39 is 0 Å². The zero-order valence-electron chi connectivity index (χ0n) is 10.1. The van der Waals surface area contributed by atoms with Gasteiger partial charge in [-0.2, -0.15) is 0 Å². The normalized spacial score (nSPS) is 9.00. The van der Waals surface area contributed by atoms with Crippen molar-refractivity contribution >= 4 is 5.78 Å². The van der Waals surface area contributed by atoms with Gasteiger partial charge in [0.15, 0.2) is 5.78 Å². The van der Waals surface area contributed by atoms with Crippen molar-refractivity contribution in [1.29, 1.82) is 0 Å². The number of hydrogen-bond acceptors (Lipinski definition) is 2. The SMILES string of the molecule is C=C(C)C=C(C)C.CC(=O)/C=C(/C)O.[Rh]. The molecule has 0 aromatic carbocycles. The third kappa shape index (κ3) is 31.9. The van der Waals surface area contributed by atoms with Crippen molar-refractivity contribution in [2.75, 3.05) is 0 Å². The molecule has 0 aliphatic carbocycles. The van der Waals surface area contributed by atoms with Crippen molar-refractivity contribution in [3.05, 3.63) is 35.6 Å². The zero-order valence-corrected chi connectivity index (χ0v) is 11.7. The number of allylic oxidation sites excluding steroid dienone is 5. The molecule has 0 unspecified atom stereocenters. The predicted octanol–water partition coefficient (Wildman–Crippen LogP) is 3.56. The molecular formula is C12H20O2Rh. The summed E-state index contributed by atoms with van der Waals surface area (Å²) in [5.74, 6) is -0.0625. The van der Waals surface area contributed by atoms with E-state index in [9.17, 15) is 4.79 Å². The number of carbonyl (C=O) groups is 1. The van der Waals surface area contributed by atoms with Crippen molar-refractivity contribution in [3.63, 3.8) is 0 Å². The van der Waals surface area contributed by atoms with Gasteiger partial charge in [-0.3, -0.25) is 4.79 Å². The Morgan fingerprint density at radius 2 is 1.47 bits per heavy atom. The Hall–Kier alpha value is -0.687. The fourth-order valence-electron chi connectivity index (χ4n) is 0.787. The van der Waals surface area contributed by atoms with Gasteiger partial charge in [0.2, 0.25) is 0 Å². The Balaban J connectivity index is -0.000000180. The van der Waals surface area contributed by atoms with Gasteiger partial charge in [0.1, 0.15) is 0 Å². The van der Waals surface area contributed by atoms with E-state index in [1.165, 1.54) is 25.5 Å². The molecule has 1 N–H and O–H groups in total. The molecule has 89 valence electrons. The smallest absolute Gasteiger partial charge is 0.155 e. The fraction of sp³-hybridized carbons (Fsp3) is 0.417. The van der Waals surface area contributed by atoms with Gasteiger partial charge in [-0.25, -0.2) is 0 Å². The third-order valence-corrected chi connectivity index (χ3v) is 0.947. The van der Waals surface area contributed by atoms with Gasteiger partial charge in [-0.1, -0.05) is 23.8 Å². The summed E-state index contributed by atoms with van der Waals surface area (Å²) >= 11 is 0. The maximum absolute atomic E-state index is 10.0. The molecular weight excluding hydrogens is 279 g/mol. The van der Waals surface area contributed by atoms with Crippen LogP contribution in [0.5, 0.6) is 0 Å². The molecule has 2 nitrogen and oxygen atoms in total. The second-order valence-corrected chi connectivity index (χ2v) is 3.46. The topological polar surface area (TPSA) is 37.3 Å². The van der Waals surface area contributed by atoms with Crippen LogP contribution in [0.2, 0.25) is 0 Å². The van der Waals surface area contributed by atoms with Gasteiger partial charge in [0.05, 0.1) is 5.76 Å². The van der Waals surface area contributed by atoms with Gasteiger partial charge in [-0.15, -0.1) is 0 Å². The van der Waals surface area contributed by atoms with Crippen molar-refractivity contribution in [2.45, 2.75) is 34.6 Å². The minimum atomic E-state index is -0.125. The van der Waals surface area contributed by atoms with Crippen LogP contribution < -0.4 is 0 Å². The van der Waals surface area contributed by atoms with Crippen LogP contribution in [0.15, 0.2) is 35.6 Å². The molecule has 0 saturated heterocycles. The molecule has 0 fully saturated rings. The summed E-state index contributed by atoms with van der Waals surface area (Å²) in [4.78, 5) is 10.0. The Morgan fingerprint density at radius 3 is 1.47 bits per heavy atom. The van der Waals surface area contributed by atoms with Crippen LogP contribution in [0.4, 0.5) is 0 Å². The number of hydrogen-bond donors (Lipinski definition) is 1. The van der Waals surface area contributed by atoms with E-state index in [2.05, 4.69) is 26.5 Å². The number of ketones is 1. The van der Waals surface area contributed by atoms with Crippen molar-refractivity contribution in [3.8, 4) is 0 Å². The molecule has 0 aliphatic rings. The number of carbonyl (C=O) groups excluding carboxylic acids is 1. The first-order chi connectivity index (χ1) is 6.25. The molecule has 0 rings (SSSR count). The molecule has 0 aromatic rings. The van der Waals surface area contributed by atoms with Crippen LogP contribution in [-0.2, 0) is 24.3 Å². The van der Waals surface area contributed by atoms with Crippen molar-refractivity contribution in [2.24, 2.45) is 0 Å². The molecule has 0 heterocycles. The fourth-order valence-corrected chi connectivity index (χ4v) is 0.787. The van der Waals surface area contributed by atoms with Crippen molar-refractivity contribution < 1.29 is 29.4 Å². The van der Waals surface area contributed by atoms with E-state index in [4.69, 9.17) is 5.11 Å². The minimum absolute atomic E-state index is 0. The maximum atomic E-state index is 10.0. The van der Waals surface area contributed by atoms with Crippen LogP contribution >= 0.6 is 0 Å². The zero-order chi connectivity index (χ0) is 11.7. The van der Waals surface area contributed by atoms with E-state index in [0.29, 0.717) is 0 Å². The largest absolute Gasteiger partial charge is 0.512 e. The number of aliphatic hydroxyl groups is 1. The summed E-state index contributed by atoms with van der Waals surface area (Å²) in [6, 6.07) is 0. The maximum Gasteiger partial charge on any atom is 0.155 e. The average molecular weight is 299 g/mol. The minimum Gasteiger partial charge on any atom is -0.512 e. The Labute approximate surface area is 106 Å². The van der Waals surface area contributed by atoms with Crippen LogP contribution in [0, 0.1) is 0 Å². The molecule has 0 aromatic heterocycles. The third-order valence-electron chi connectivity index (χ3n) is 0.947. The Kier molecular flexibility index (Phi) is 15.0. The Morgan fingerprint density at radius 1 is 1.07 bits per heavy atom. The molecule has 0 saturated carbocycles. The second-order valence-electron chi connectivity index (χ2n) is 3.46. The molecule has 0 bridgehead atoms. The number of rotatable bonds is 2. The van der Waals surface area contributed by atoms with Crippen LogP contribution in [0.3, 0.4) is 0 Å². The molecule has 15 heavy (non-hydrogen) atoms. The van der Waals surface area contributed by atoms with Gasteiger partial charge in [0, 0.05) is 25.6 Å². The molecule has 1 radical (unpaired) electrons. The van der Waals surface area contributed by atoms with E-state index in [1.54, 1.807) is 0 Å². The van der Waals surface area contributed by atoms with Crippen LogP contribution in [0.1, 0.15) is 34.6 Å². The molecule has 3 heteroatoms. The quantitative estimate of drug-likeness (QED) is 0.366. The van der Waals surface area contributed by atoms with Gasteiger partial charge >= 0.3 is 0 Å². The first-order valence-electron chi connectivity index (χ1n) is 4.44. The van der Waals surface area contributed by atoms with E-state index in [1.807, 2.05) is 6.92 Å². The summed E-state index contributed by atoms with van der Waals surface area (Å²) in [5, 5.41) is 8.36. The van der Waals surface area contributed by atoms with Crippen molar-refractivity contribution in [1.82, 2.24) is 0 Å². The summed E-state index contributed by atoms with van der Waals surface area (Å²) < 4.78 is 0. The predicted molar refractivity (Wildman–Crippen MR) is 61.3 cm³/mol. The first-order valence-corrected chi connectivity index (χ1v) is 4.44. The first kappa shape index (κ1) is 19.8. The summed E-state index contributed by atoms with van der Waals surface area (Å²) in [6.07, 6.45) is 3.22. The molecule has 0 aliphatic heterocycles. The average Bonchev–Trinajstić information content (AvgIpc) is 1.79. The van der Waals surface area contributed by atoms with Gasteiger partial charge < -0.3 is 5.11 Å².